The van der Waals surface area contributed by atoms with Gasteiger partial charge >= 0.3 is 35.6 Å². The molecule has 2 rings (SSSR count). The minimum absolute atomic E-state index is 0. The maximum atomic E-state index is 11.7. The van der Waals surface area contributed by atoms with Crippen LogP contribution in [0.15, 0.2) is 35.2 Å². The van der Waals surface area contributed by atoms with Gasteiger partial charge in [-0.25, -0.2) is 17.9 Å². The zero-order valence-corrected chi connectivity index (χ0v) is 20.6. The number of phenolic OH excluding ortho intramolecular Hbond substituents is 1. The Morgan fingerprint density at radius 3 is 2.45 bits per heavy atom. The molecule has 0 fully saturated rings. The first-order chi connectivity index (χ1) is 13.1. The predicted molar refractivity (Wildman–Crippen MR) is 109 cm³/mol. The first kappa shape index (κ1) is 28.2. The summed E-state index contributed by atoms with van der Waals surface area (Å²) in [6, 6.07) is 9.27. The van der Waals surface area contributed by atoms with Crippen LogP contribution in [0.25, 0.3) is 0 Å². The number of ether oxygens (including phenoxy) is 1. The second-order valence-corrected chi connectivity index (χ2v) is 7.88. The third kappa shape index (κ3) is 9.29. The van der Waals surface area contributed by atoms with Gasteiger partial charge in [-0.15, -0.1) is 17.7 Å². The van der Waals surface area contributed by atoms with E-state index < -0.39 is 21.8 Å². The number of carbonyl (C=O) groups is 1. The van der Waals surface area contributed by atoms with E-state index >= 15 is 0 Å². The van der Waals surface area contributed by atoms with Crippen LogP contribution in [-0.4, -0.2) is 39.8 Å². The number of anilines is 1. The van der Waals surface area contributed by atoms with Crippen LogP contribution in [0, 0.1) is 6.07 Å². The number of methoxy groups -OCH3 is 1. The molecule has 2 amide bonds. The molecule has 13 heteroatoms. The van der Waals surface area contributed by atoms with Gasteiger partial charge in [0.1, 0.15) is 0 Å². The number of aromatic hydroxyl groups is 1. The van der Waals surface area contributed by atoms with Crippen LogP contribution in [-0.2, 0) is 14.8 Å². The van der Waals surface area contributed by atoms with Crippen LogP contribution in [0.5, 0.6) is 5.75 Å². The minimum atomic E-state index is -3.84. The molecule has 0 radical (unpaired) electrons. The van der Waals surface area contributed by atoms with Crippen molar-refractivity contribution >= 4 is 56.5 Å². The summed E-state index contributed by atoms with van der Waals surface area (Å²) >= 11 is 17.1. The van der Waals surface area contributed by atoms with Crippen molar-refractivity contribution in [3.63, 3.8) is 0 Å². The number of primary amides is 1. The fourth-order valence-electron chi connectivity index (χ4n) is 1.79. The molecule has 8 nitrogen and oxygen atoms in total. The van der Waals surface area contributed by atoms with E-state index in [0.717, 1.165) is 0 Å². The number of hydrogen-bond donors (Lipinski definition) is 4. The summed E-state index contributed by atoms with van der Waals surface area (Å²) in [4.78, 5) is 10.1. The molecule has 0 aliphatic heterocycles. The molecule has 0 aromatic heterocycles. The second-order valence-electron chi connectivity index (χ2n) is 4.98. The summed E-state index contributed by atoms with van der Waals surface area (Å²) in [5, 5.41) is 12.3. The minimum Gasteiger partial charge on any atom is -0.533 e. The zero-order chi connectivity index (χ0) is 21.3. The molecule has 2 aromatic carbocycles. The number of phenols is 1. The van der Waals surface area contributed by atoms with E-state index in [2.05, 4.69) is 16.1 Å². The molecule has 29 heavy (non-hydrogen) atoms. The molecule has 0 bridgehead atoms. The second kappa shape index (κ2) is 13.5. The number of hydrogen-bond acceptors (Lipinski definition) is 5. The Labute approximate surface area is 206 Å². The van der Waals surface area contributed by atoms with Crippen LogP contribution in [0.2, 0.25) is 15.1 Å². The molecular formula is C16H17Cl3N3NaO5S. The summed E-state index contributed by atoms with van der Waals surface area (Å²) in [6.45, 7) is 0.331. The topological polar surface area (TPSA) is 131 Å². The van der Waals surface area contributed by atoms with Gasteiger partial charge in [0.2, 0.25) is 0 Å². The fourth-order valence-corrected chi connectivity index (χ4v) is 3.73. The van der Waals surface area contributed by atoms with E-state index in [1.165, 1.54) is 19.2 Å². The third-order valence-corrected chi connectivity index (χ3v) is 5.74. The molecular weight excluding hydrogens is 476 g/mol. The normalized spacial score (nSPS) is 10.3. The van der Waals surface area contributed by atoms with Crippen molar-refractivity contribution in [2.75, 3.05) is 25.6 Å². The monoisotopic (exact) mass is 491 g/mol. The number of halogens is 3. The Hall–Kier alpha value is -0.750. The number of carbonyl (C=O) groups excluding carboxylic acids is 1. The van der Waals surface area contributed by atoms with Crippen LogP contribution in [0.1, 0.15) is 0 Å². The van der Waals surface area contributed by atoms with Gasteiger partial charge in [-0.1, -0.05) is 29.3 Å². The number of nitrogens with one attached hydrogen (secondary N) is 2. The number of urea groups is 1. The summed E-state index contributed by atoms with van der Waals surface area (Å²) < 4.78 is 30.4. The van der Waals surface area contributed by atoms with Crippen molar-refractivity contribution in [2.24, 2.45) is 5.73 Å². The van der Waals surface area contributed by atoms with E-state index in [-0.39, 0.29) is 57.6 Å². The fraction of sp³-hybridized carbons (Fsp3) is 0.188. The average Bonchev–Trinajstić information content (AvgIpc) is 2.59. The van der Waals surface area contributed by atoms with E-state index in [4.69, 9.17) is 45.3 Å². The van der Waals surface area contributed by atoms with Crippen molar-refractivity contribution in [1.82, 2.24) is 4.72 Å². The van der Waals surface area contributed by atoms with Crippen molar-refractivity contribution < 1.29 is 52.6 Å². The zero-order valence-electron chi connectivity index (χ0n) is 15.5. The Morgan fingerprint density at radius 2 is 1.90 bits per heavy atom. The smallest absolute Gasteiger partial charge is 0.533 e. The maximum absolute atomic E-state index is 11.7. The molecule has 0 aliphatic carbocycles. The number of nitrogens with two attached hydrogens (primary N) is 1. The molecule has 0 saturated carbocycles. The van der Waals surface area contributed by atoms with Crippen LogP contribution in [0.4, 0.5) is 10.5 Å². The predicted octanol–water partition coefficient (Wildman–Crippen LogP) is 0.258. The van der Waals surface area contributed by atoms with Gasteiger partial charge in [-0.3, -0.25) is 0 Å². The van der Waals surface area contributed by atoms with Gasteiger partial charge in [-0.2, -0.15) is 12.1 Å². The maximum Gasteiger partial charge on any atom is 1.00 e. The van der Waals surface area contributed by atoms with Crippen LogP contribution >= 0.6 is 34.8 Å². The SMILES string of the molecule is COCCNS(=O)(=O)c1c(O)[c-]ccc1Cl.NC(=O)Nc1cccc(Cl)c1Cl.[Na+]. The van der Waals surface area contributed by atoms with Gasteiger partial charge in [0.25, 0.3) is 0 Å². The Kier molecular flexibility index (Phi) is 13.2. The molecule has 0 heterocycles. The van der Waals surface area contributed by atoms with Crippen molar-refractivity contribution in [2.45, 2.75) is 4.90 Å². The Morgan fingerprint density at radius 1 is 1.24 bits per heavy atom. The molecule has 0 saturated heterocycles. The number of rotatable bonds is 6. The van der Waals surface area contributed by atoms with Crippen molar-refractivity contribution in [3.05, 3.63) is 51.5 Å². The van der Waals surface area contributed by atoms with Crippen molar-refractivity contribution in [3.8, 4) is 5.75 Å². The van der Waals surface area contributed by atoms with Gasteiger partial charge < -0.3 is 20.9 Å². The summed E-state index contributed by atoms with van der Waals surface area (Å²) in [5.41, 5.74) is 5.31. The van der Waals surface area contributed by atoms with E-state index in [0.29, 0.717) is 10.7 Å². The largest absolute Gasteiger partial charge is 1.00 e. The average molecular weight is 493 g/mol. The Bertz CT molecular complexity index is 912. The number of amides is 2. The third-order valence-electron chi connectivity index (χ3n) is 2.96. The molecule has 0 spiro atoms. The van der Waals surface area contributed by atoms with Crippen molar-refractivity contribution in [1.29, 1.82) is 0 Å². The summed E-state index contributed by atoms with van der Waals surface area (Å²) in [6.07, 6.45) is 0. The molecule has 0 atom stereocenters. The van der Waals surface area contributed by atoms with Crippen LogP contribution in [0.3, 0.4) is 0 Å². The summed E-state index contributed by atoms with van der Waals surface area (Å²) in [7, 11) is -2.38. The molecule has 2 aromatic rings. The standard InChI is InChI=1S/C9H11ClNO4S.C7H6Cl2N2O.Na/c1-15-6-5-11-16(13,14)9-7(10)3-2-4-8(9)12;8-4-2-1-3-5(6(4)9)11-7(10)12;/h2-3,11-12H,5-6H2,1H3;1-3H,(H3,10,11,12);/q-1;;+1. The van der Waals surface area contributed by atoms with E-state index in [1.807, 2.05) is 0 Å². The van der Waals surface area contributed by atoms with Crippen LogP contribution < -0.4 is 45.3 Å². The first-order valence-corrected chi connectivity index (χ1v) is 10.1. The molecule has 0 aliphatic rings. The number of benzene rings is 2. The van der Waals surface area contributed by atoms with Gasteiger partial charge in [0.05, 0.1) is 22.3 Å². The van der Waals surface area contributed by atoms with Gasteiger partial charge in [0.15, 0.2) is 10.0 Å². The van der Waals surface area contributed by atoms with E-state index in [1.54, 1.807) is 18.2 Å². The molecule has 5 N–H and O–H groups in total. The Balaban J connectivity index is 0.000000542. The summed E-state index contributed by atoms with van der Waals surface area (Å²) in [5.74, 6) is -0.502. The van der Waals surface area contributed by atoms with E-state index in [9.17, 15) is 18.3 Å². The first-order valence-electron chi connectivity index (χ1n) is 7.48. The van der Waals surface area contributed by atoms with Gasteiger partial charge in [-0.05, 0) is 17.2 Å². The van der Waals surface area contributed by atoms with Gasteiger partial charge in [0, 0.05) is 24.3 Å². The molecule has 154 valence electrons. The molecule has 0 unspecified atom stereocenters. The quantitative estimate of drug-likeness (QED) is 0.261. The number of sulfonamides is 1.